The van der Waals surface area contributed by atoms with Crippen molar-refractivity contribution in [1.29, 1.82) is 0 Å². The number of carbonyl (C=O) groups is 2. The van der Waals surface area contributed by atoms with Gasteiger partial charge in [-0.3, -0.25) is 14.4 Å². The van der Waals surface area contributed by atoms with Crippen LogP contribution in [0.5, 0.6) is 17.2 Å². The first kappa shape index (κ1) is 29.4. The van der Waals surface area contributed by atoms with Gasteiger partial charge in [-0.25, -0.2) is 0 Å². The van der Waals surface area contributed by atoms with Gasteiger partial charge in [0.25, 0.3) is 0 Å². The van der Waals surface area contributed by atoms with Crippen molar-refractivity contribution in [3.05, 3.63) is 57.3 Å². The van der Waals surface area contributed by atoms with Crippen LogP contribution in [0.4, 0.5) is 5.69 Å². The first-order valence-electron chi connectivity index (χ1n) is 13.3. The highest BCUT2D eigenvalue weighted by molar-refractivity contribution is 5.83. The number of nitrogens with one attached hydrogen (secondary N) is 3. The summed E-state index contributed by atoms with van der Waals surface area (Å²) in [5, 5.41) is 12.6. The third-order valence-corrected chi connectivity index (χ3v) is 6.82. The van der Waals surface area contributed by atoms with Gasteiger partial charge in [-0.1, -0.05) is 11.2 Å². The van der Waals surface area contributed by atoms with E-state index in [-0.39, 0.29) is 30.2 Å². The van der Waals surface area contributed by atoms with E-state index in [1.165, 1.54) is 6.92 Å². The maximum Gasteiger partial charge on any atom is 0.246 e. The summed E-state index contributed by atoms with van der Waals surface area (Å²) in [6.07, 6.45) is 1.93. The molecule has 0 radical (unpaired) electrons. The first-order valence-corrected chi connectivity index (χ1v) is 13.3. The van der Waals surface area contributed by atoms with Crippen molar-refractivity contribution in [2.24, 2.45) is 0 Å². The van der Waals surface area contributed by atoms with Gasteiger partial charge < -0.3 is 34.7 Å². The molecular weight excluding hydrogens is 530 g/mol. The van der Waals surface area contributed by atoms with Gasteiger partial charge in [0, 0.05) is 25.5 Å². The van der Waals surface area contributed by atoms with E-state index in [1.54, 1.807) is 40.4 Å². The second-order valence-electron chi connectivity index (χ2n) is 9.64. The Morgan fingerprint density at radius 2 is 1.88 bits per heavy atom. The van der Waals surface area contributed by atoms with Gasteiger partial charge in [0.2, 0.25) is 28.9 Å². The Hall–Kier alpha value is -4.61. The fourth-order valence-corrected chi connectivity index (χ4v) is 5.00. The summed E-state index contributed by atoms with van der Waals surface area (Å²) in [7, 11) is 4.66. The number of carbonyl (C=O) groups excluding carboxylic acids is 2. The maximum atomic E-state index is 13.4. The molecule has 4 rings (SSSR count). The summed E-state index contributed by atoms with van der Waals surface area (Å²) in [5.74, 6) is 1.95. The Morgan fingerprint density at radius 1 is 1.10 bits per heavy atom. The monoisotopic (exact) mass is 565 g/mol. The van der Waals surface area contributed by atoms with Crippen molar-refractivity contribution in [2.75, 3.05) is 33.2 Å². The van der Waals surface area contributed by atoms with Crippen LogP contribution in [-0.2, 0) is 22.6 Å². The minimum atomic E-state index is -0.393. The number of fused-ring (bicyclic) bond motifs is 3. The summed E-state index contributed by atoms with van der Waals surface area (Å²) in [4.78, 5) is 41.7. The standard InChI is InChI=1S/C29H35N5O7/c1-16-32-26(41-34-16)15-31-25(37)7-6-12-30-22-11-9-19-20(14-23(22)36)21(33-17(2)35)10-8-18-13-24(38-3)28(39-4)29(40-5)27(18)19/h9,11,13-14,21H,6-8,10,12,15H2,1-5H3,(H,30,36)(H,31,37)(H,33,35)/t21-/m0/s1. The topological polar surface area (TPSA) is 154 Å². The Morgan fingerprint density at radius 3 is 2.54 bits per heavy atom. The summed E-state index contributed by atoms with van der Waals surface area (Å²) in [5.41, 5.74) is 3.29. The number of methoxy groups -OCH3 is 3. The van der Waals surface area contributed by atoms with Crippen LogP contribution >= 0.6 is 0 Å². The molecule has 2 amide bonds. The minimum Gasteiger partial charge on any atom is -0.493 e. The first-order chi connectivity index (χ1) is 19.7. The van der Waals surface area contributed by atoms with Crippen molar-refractivity contribution in [1.82, 2.24) is 20.8 Å². The van der Waals surface area contributed by atoms with Crippen molar-refractivity contribution in [2.45, 2.75) is 52.1 Å². The molecule has 1 atom stereocenters. The van der Waals surface area contributed by atoms with Gasteiger partial charge >= 0.3 is 0 Å². The number of amides is 2. The quantitative estimate of drug-likeness (QED) is 0.296. The molecule has 0 aliphatic heterocycles. The Bertz CT molecular complexity index is 1490. The van der Waals surface area contributed by atoms with Crippen LogP contribution in [0.15, 0.2) is 33.6 Å². The zero-order valence-corrected chi connectivity index (χ0v) is 23.9. The Labute approximate surface area is 237 Å². The molecule has 12 heteroatoms. The Kier molecular flexibility index (Phi) is 9.43. The number of hydrogen-bond donors (Lipinski definition) is 3. The summed E-state index contributed by atoms with van der Waals surface area (Å²) in [6, 6.07) is 6.64. The molecule has 0 saturated carbocycles. The van der Waals surface area contributed by atoms with Crippen molar-refractivity contribution >= 4 is 17.5 Å². The summed E-state index contributed by atoms with van der Waals surface area (Å²) < 4.78 is 22.0. The maximum absolute atomic E-state index is 13.4. The van der Waals surface area contributed by atoms with Crippen LogP contribution in [0.2, 0.25) is 0 Å². The van der Waals surface area contributed by atoms with Gasteiger partial charge in [0.1, 0.15) is 0 Å². The molecule has 1 aromatic heterocycles. The molecule has 0 spiro atoms. The molecule has 0 unspecified atom stereocenters. The molecule has 2 aromatic carbocycles. The number of rotatable bonds is 11. The number of benzene rings is 1. The lowest BCUT2D eigenvalue weighted by atomic mass is 9.95. The average molecular weight is 566 g/mol. The van der Waals surface area contributed by atoms with Crippen molar-refractivity contribution in [3.8, 4) is 28.4 Å². The van der Waals surface area contributed by atoms with Crippen LogP contribution in [0.3, 0.4) is 0 Å². The van der Waals surface area contributed by atoms with Crippen LogP contribution in [0.1, 0.15) is 55.1 Å². The minimum absolute atomic E-state index is 0.162. The molecule has 0 bridgehead atoms. The van der Waals surface area contributed by atoms with E-state index < -0.39 is 6.04 Å². The predicted molar refractivity (Wildman–Crippen MR) is 151 cm³/mol. The molecule has 1 heterocycles. The smallest absolute Gasteiger partial charge is 0.246 e. The number of ether oxygens (including phenoxy) is 3. The fraction of sp³-hybridized carbons (Fsp3) is 0.414. The van der Waals surface area contributed by atoms with Crippen LogP contribution in [0, 0.1) is 6.92 Å². The number of anilines is 1. The number of nitrogens with zero attached hydrogens (tertiary/aromatic N) is 2. The molecule has 218 valence electrons. The average Bonchev–Trinajstić information content (AvgIpc) is 3.23. The second kappa shape index (κ2) is 13.2. The fourth-order valence-electron chi connectivity index (χ4n) is 5.00. The van der Waals surface area contributed by atoms with Gasteiger partial charge in [-0.15, -0.1) is 0 Å². The van der Waals surface area contributed by atoms with E-state index in [1.807, 2.05) is 12.1 Å². The van der Waals surface area contributed by atoms with E-state index in [0.717, 1.165) is 16.7 Å². The molecule has 1 aliphatic carbocycles. The van der Waals surface area contributed by atoms with E-state index in [4.69, 9.17) is 18.7 Å². The number of aryl methyl sites for hydroxylation is 2. The lowest BCUT2D eigenvalue weighted by Crippen LogP contribution is -2.26. The largest absolute Gasteiger partial charge is 0.493 e. The molecule has 0 saturated heterocycles. The van der Waals surface area contributed by atoms with Crippen LogP contribution in [-0.4, -0.2) is 49.8 Å². The van der Waals surface area contributed by atoms with E-state index in [0.29, 0.717) is 66.0 Å². The number of hydrogen-bond acceptors (Lipinski definition) is 10. The Balaban J connectivity index is 1.60. The summed E-state index contributed by atoms with van der Waals surface area (Å²) >= 11 is 0. The third kappa shape index (κ3) is 6.76. The number of aromatic nitrogens is 2. The highest BCUT2D eigenvalue weighted by atomic mass is 16.5. The van der Waals surface area contributed by atoms with Crippen molar-refractivity contribution < 1.29 is 28.3 Å². The predicted octanol–water partition coefficient (Wildman–Crippen LogP) is 3.06. The molecule has 0 fully saturated rings. The highest BCUT2D eigenvalue weighted by Crippen LogP contribution is 2.50. The van der Waals surface area contributed by atoms with Gasteiger partial charge in [-0.2, -0.15) is 4.98 Å². The zero-order chi connectivity index (χ0) is 29.5. The molecule has 3 aromatic rings. The van der Waals surface area contributed by atoms with E-state index in [9.17, 15) is 14.4 Å². The summed E-state index contributed by atoms with van der Waals surface area (Å²) in [6.45, 7) is 3.72. The van der Waals surface area contributed by atoms with E-state index in [2.05, 4.69) is 26.1 Å². The second-order valence-corrected chi connectivity index (χ2v) is 9.64. The molecule has 3 N–H and O–H groups in total. The van der Waals surface area contributed by atoms with Gasteiger partial charge in [0.15, 0.2) is 17.3 Å². The van der Waals surface area contributed by atoms with Crippen molar-refractivity contribution in [3.63, 3.8) is 0 Å². The molecule has 41 heavy (non-hydrogen) atoms. The lowest BCUT2D eigenvalue weighted by Gasteiger charge is -2.19. The van der Waals surface area contributed by atoms with Crippen LogP contribution in [0.25, 0.3) is 11.1 Å². The molecular formula is C29H35N5O7. The highest BCUT2D eigenvalue weighted by Gasteiger charge is 2.29. The van der Waals surface area contributed by atoms with Crippen LogP contribution < -0.4 is 35.6 Å². The molecule has 1 aliphatic rings. The molecule has 12 nitrogen and oxygen atoms in total. The SMILES string of the molecule is COc1cc2c(c(OC)c1OC)-c1ccc(NCCCC(=O)NCc3nc(C)no3)c(=O)cc1[C@@H](NC(C)=O)CC2. The van der Waals surface area contributed by atoms with Gasteiger partial charge in [-0.05, 0) is 61.1 Å². The lowest BCUT2D eigenvalue weighted by molar-refractivity contribution is -0.121. The van der Waals surface area contributed by atoms with E-state index >= 15 is 0 Å². The zero-order valence-electron chi connectivity index (χ0n) is 23.9. The normalized spacial score (nSPS) is 13.7. The third-order valence-electron chi connectivity index (χ3n) is 6.82. The van der Waals surface area contributed by atoms with Gasteiger partial charge in [0.05, 0.1) is 39.6 Å².